The van der Waals surface area contributed by atoms with Crippen molar-refractivity contribution >= 4 is 11.9 Å². The van der Waals surface area contributed by atoms with E-state index in [0.29, 0.717) is 12.3 Å². The molecule has 1 atom stereocenters. The van der Waals surface area contributed by atoms with Crippen molar-refractivity contribution in [2.24, 2.45) is 10.8 Å². The number of carbonyl (C=O) groups is 2. The number of halogens is 6. The number of carboxylic acids is 1. The second kappa shape index (κ2) is 14.9. The van der Waals surface area contributed by atoms with Gasteiger partial charge in [-0.1, -0.05) is 72.7 Å². The second-order valence-electron chi connectivity index (χ2n) is 11.8. The average molecular weight is 573 g/mol. The van der Waals surface area contributed by atoms with E-state index in [-0.39, 0.29) is 11.8 Å². The topological polar surface area (TPSA) is 63.6 Å². The lowest BCUT2D eigenvalue weighted by Crippen LogP contribution is -2.47. The summed E-state index contributed by atoms with van der Waals surface area (Å²) in [5.41, 5.74) is 1.22. The van der Waals surface area contributed by atoms with E-state index in [0.717, 1.165) is 0 Å². The van der Waals surface area contributed by atoms with E-state index in [2.05, 4.69) is 63.6 Å². The van der Waals surface area contributed by atoms with Gasteiger partial charge in [0.25, 0.3) is 6.10 Å². The van der Waals surface area contributed by atoms with Crippen LogP contribution in [0.2, 0.25) is 0 Å². The maximum Gasteiger partial charge on any atom is 0.434 e. The minimum atomic E-state index is -5.67. The Balaban J connectivity index is 0. The number of esters is 1. The molecule has 0 aliphatic rings. The maximum atomic E-state index is 12.1. The Morgan fingerprint density at radius 3 is 1.38 bits per heavy atom. The van der Waals surface area contributed by atoms with Crippen molar-refractivity contribution in [3.63, 3.8) is 0 Å². The van der Waals surface area contributed by atoms with Crippen molar-refractivity contribution in [1.82, 2.24) is 0 Å². The van der Waals surface area contributed by atoms with Crippen LogP contribution in [0.15, 0.2) is 24.3 Å². The molecule has 39 heavy (non-hydrogen) atoms. The molecule has 0 amide bonds. The van der Waals surface area contributed by atoms with Crippen LogP contribution in [0, 0.1) is 10.8 Å². The predicted molar refractivity (Wildman–Crippen MR) is 142 cm³/mol. The van der Waals surface area contributed by atoms with E-state index < -0.39 is 41.2 Å². The SMILES string of the molecule is CCC(C)(C)C(=O)O.CCC(C)(C)C(=O)OC(C(F)(F)F)C(F)(F)F.CCC(C)c1ccc(C(C)(C)C)cc1. The molecule has 228 valence electrons. The highest BCUT2D eigenvalue weighted by molar-refractivity contribution is 5.76. The van der Waals surface area contributed by atoms with Gasteiger partial charge in [0.05, 0.1) is 10.8 Å². The van der Waals surface area contributed by atoms with Crippen LogP contribution >= 0.6 is 0 Å². The third kappa shape index (κ3) is 14.1. The molecule has 0 saturated carbocycles. The average Bonchev–Trinajstić information content (AvgIpc) is 2.80. The molecular formula is C29H46F6O4. The maximum absolute atomic E-state index is 12.1. The van der Waals surface area contributed by atoms with Crippen LogP contribution in [-0.2, 0) is 19.7 Å². The van der Waals surface area contributed by atoms with Crippen LogP contribution in [0.25, 0.3) is 0 Å². The molecule has 0 fully saturated rings. The van der Waals surface area contributed by atoms with E-state index in [4.69, 9.17) is 5.11 Å². The fraction of sp³-hybridized carbons (Fsp3) is 0.724. The quantitative estimate of drug-likeness (QED) is 0.261. The number of carboxylic acid groups (broad SMARTS) is 1. The number of carbonyl (C=O) groups excluding carboxylic acids is 1. The van der Waals surface area contributed by atoms with Gasteiger partial charge in [-0.2, -0.15) is 26.3 Å². The summed E-state index contributed by atoms with van der Waals surface area (Å²) in [6.07, 6.45) is -13.4. The molecule has 0 aliphatic heterocycles. The molecule has 1 rings (SSSR count). The van der Waals surface area contributed by atoms with Gasteiger partial charge in [0, 0.05) is 0 Å². The van der Waals surface area contributed by atoms with Crippen molar-refractivity contribution < 1.29 is 45.8 Å². The zero-order valence-electron chi connectivity index (χ0n) is 25.0. The summed E-state index contributed by atoms with van der Waals surface area (Å²) in [4.78, 5) is 21.4. The summed E-state index contributed by atoms with van der Waals surface area (Å²) >= 11 is 0. The van der Waals surface area contributed by atoms with Gasteiger partial charge in [-0.05, 0) is 69.4 Å². The number of alkyl halides is 6. The smallest absolute Gasteiger partial charge is 0.434 e. The molecule has 10 heteroatoms. The molecule has 0 bridgehead atoms. The Hall–Kier alpha value is -2.26. The predicted octanol–water partition coefficient (Wildman–Crippen LogP) is 9.46. The highest BCUT2D eigenvalue weighted by Crippen LogP contribution is 2.37. The molecule has 0 heterocycles. The standard InChI is InChI=1S/C14H22.C9H12F6O2.C6H12O2/c1-6-11(2)12-7-9-13(10-8-12)14(3,4)5;1-4-7(2,3)6(16)17-5(8(10,11)12)9(13,14)15;1-4-6(2,3)5(7)8/h7-11H,6H2,1-5H3;5H,4H2,1-3H3;4H2,1-3H3,(H,7,8). The normalized spacial score (nSPS) is 13.5. The number of hydrogen-bond acceptors (Lipinski definition) is 3. The summed E-state index contributed by atoms with van der Waals surface area (Å²) in [7, 11) is 0. The minimum absolute atomic E-state index is 0.0638. The first-order valence-corrected chi connectivity index (χ1v) is 13.0. The van der Waals surface area contributed by atoms with Crippen LogP contribution in [0.4, 0.5) is 26.3 Å². The summed E-state index contributed by atoms with van der Waals surface area (Å²) < 4.78 is 76.0. The van der Waals surface area contributed by atoms with E-state index in [1.807, 2.05) is 6.92 Å². The Labute approximate surface area is 229 Å². The van der Waals surface area contributed by atoms with E-state index in [9.17, 15) is 35.9 Å². The molecule has 1 unspecified atom stereocenters. The van der Waals surface area contributed by atoms with Crippen molar-refractivity contribution in [3.05, 3.63) is 35.4 Å². The molecule has 4 nitrogen and oxygen atoms in total. The number of benzene rings is 1. The monoisotopic (exact) mass is 572 g/mol. The van der Waals surface area contributed by atoms with Gasteiger partial charge in [0.2, 0.25) is 0 Å². The largest absolute Gasteiger partial charge is 0.481 e. The van der Waals surface area contributed by atoms with Crippen molar-refractivity contribution in [3.8, 4) is 0 Å². The summed E-state index contributed by atoms with van der Waals surface area (Å²) in [6, 6.07) is 9.08. The van der Waals surface area contributed by atoms with E-state index >= 15 is 0 Å². The fourth-order valence-corrected chi connectivity index (χ4v) is 2.43. The molecule has 1 N–H and O–H groups in total. The highest BCUT2D eigenvalue weighted by Gasteiger charge is 2.60. The Kier molecular flexibility index (Phi) is 14.9. The molecule has 1 aromatic carbocycles. The van der Waals surface area contributed by atoms with Crippen LogP contribution in [0.3, 0.4) is 0 Å². The highest BCUT2D eigenvalue weighted by atomic mass is 19.4. The first-order valence-electron chi connectivity index (χ1n) is 13.0. The fourth-order valence-electron chi connectivity index (χ4n) is 2.43. The summed E-state index contributed by atoms with van der Waals surface area (Å²) in [6.45, 7) is 20.5. The van der Waals surface area contributed by atoms with E-state index in [1.54, 1.807) is 13.8 Å². The van der Waals surface area contributed by atoms with Gasteiger partial charge in [-0.15, -0.1) is 0 Å². The lowest BCUT2D eigenvalue weighted by Gasteiger charge is -2.27. The lowest BCUT2D eigenvalue weighted by molar-refractivity contribution is -0.315. The zero-order chi connectivity index (χ0) is 31.6. The van der Waals surface area contributed by atoms with Gasteiger partial charge >= 0.3 is 24.3 Å². The third-order valence-electron chi connectivity index (χ3n) is 6.68. The van der Waals surface area contributed by atoms with Crippen molar-refractivity contribution in [1.29, 1.82) is 0 Å². The molecule has 0 spiro atoms. The van der Waals surface area contributed by atoms with Gasteiger partial charge in [0.1, 0.15) is 0 Å². The van der Waals surface area contributed by atoms with Crippen molar-refractivity contribution in [2.75, 3.05) is 0 Å². The molecule has 1 aromatic rings. The molecule has 0 saturated heterocycles. The summed E-state index contributed by atoms with van der Waals surface area (Å²) in [5.74, 6) is -1.57. The van der Waals surface area contributed by atoms with Gasteiger partial charge < -0.3 is 9.84 Å². The Morgan fingerprint density at radius 1 is 0.769 bits per heavy atom. The first kappa shape index (κ1) is 38.9. The lowest BCUT2D eigenvalue weighted by atomic mass is 9.85. The number of rotatable bonds is 7. The van der Waals surface area contributed by atoms with Gasteiger partial charge in [-0.25, -0.2) is 0 Å². The van der Waals surface area contributed by atoms with E-state index in [1.165, 1.54) is 38.3 Å². The zero-order valence-corrected chi connectivity index (χ0v) is 25.0. The number of ether oxygens (including phenoxy) is 1. The van der Waals surface area contributed by atoms with Gasteiger partial charge in [-0.3, -0.25) is 9.59 Å². The Morgan fingerprint density at radius 2 is 1.15 bits per heavy atom. The van der Waals surface area contributed by atoms with Crippen LogP contribution in [-0.4, -0.2) is 35.5 Å². The van der Waals surface area contributed by atoms with Crippen LogP contribution in [0.1, 0.15) is 112 Å². The molecule has 0 aliphatic carbocycles. The molecule has 0 aromatic heterocycles. The van der Waals surface area contributed by atoms with Crippen LogP contribution in [0.5, 0.6) is 0 Å². The first-order chi connectivity index (χ1) is 17.3. The van der Waals surface area contributed by atoms with Gasteiger partial charge in [0.15, 0.2) is 0 Å². The third-order valence-corrected chi connectivity index (χ3v) is 6.68. The number of aliphatic carboxylic acids is 1. The number of hydrogen-bond donors (Lipinski definition) is 1. The molecular weight excluding hydrogens is 526 g/mol. The summed E-state index contributed by atoms with van der Waals surface area (Å²) in [5, 5.41) is 8.44. The Bertz CT molecular complexity index is 865. The van der Waals surface area contributed by atoms with Crippen LogP contribution < -0.4 is 0 Å². The molecule has 0 radical (unpaired) electrons. The van der Waals surface area contributed by atoms with Crippen molar-refractivity contribution in [2.45, 2.75) is 125 Å². The minimum Gasteiger partial charge on any atom is -0.481 e. The second-order valence-corrected chi connectivity index (χ2v) is 11.8.